The zero-order valence-electron chi connectivity index (χ0n) is 12.7. The fourth-order valence-electron chi connectivity index (χ4n) is 3.00. The predicted octanol–water partition coefficient (Wildman–Crippen LogP) is 3.74. The zero-order valence-corrected chi connectivity index (χ0v) is 12.7. The van der Waals surface area contributed by atoms with Gasteiger partial charge in [-0.05, 0) is 58.8 Å². The lowest BCUT2D eigenvalue weighted by atomic mass is 10.00. The molecule has 0 spiro atoms. The average Bonchev–Trinajstić information content (AvgIpc) is 2.48. The molecule has 0 aliphatic carbocycles. The molecule has 0 amide bonds. The molecule has 2 nitrogen and oxygen atoms in total. The Morgan fingerprint density at radius 2 is 2.15 bits per heavy atom. The standard InChI is InChI=1S/C17H27FN2/c1-14(16-10-3-4-11-17(16)18)20(2)13-7-9-15-8-5-6-12-19-15/h3-4,10-11,14-15,19H,5-9,12-13H2,1-2H3. The van der Waals surface area contributed by atoms with Crippen LogP contribution in [0.1, 0.15) is 50.6 Å². The van der Waals surface area contributed by atoms with Gasteiger partial charge in [-0.3, -0.25) is 4.90 Å². The molecule has 2 rings (SSSR count). The topological polar surface area (TPSA) is 15.3 Å². The van der Waals surface area contributed by atoms with Crippen molar-refractivity contribution in [3.63, 3.8) is 0 Å². The average molecular weight is 278 g/mol. The molecule has 1 aromatic carbocycles. The monoisotopic (exact) mass is 278 g/mol. The summed E-state index contributed by atoms with van der Waals surface area (Å²) in [6, 6.07) is 7.93. The summed E-state index contributed by atoms with van der Waals surface area (Å²) < 4.78 is 13.8. The van der Waals surface area contributed by atoms with Crippen LogP contribution in [0, 0.1) is 5.82 Å². The normalized spacial score (nSPS) is 21.1. The van der Waals surface area contributed by atoms with Crippen molar-refractivity contribution >= 4 is 0 Å². The Morgan fingerprint density at radius 3 is 2.85 bits per heavy atom. The molecule has 2 unspecified atom stereocenters. The lowest BCUT2D eigenvalue weighted by Gasteiger charge is -2.27. The molecule has 1 aliphatic rings. The van der Waals surface area contributed by atoms with E-state index in [2.05, 4.69) is 24.2 Å². The summed E-state index contributed by atoms with van der Waals surface area (Å²) in [7, 11) is 2.09. The minimum absolute atomic E-state index is 0.0965. The van der Waals surface area contributed by atoms with E-state index in [1.807, 2.05) is 12.1 Å². The highest BCUT2D eigenvalue weighted by molar-refractivity contribution is 5.20. The van der Waals surface area contributed by atoms with Crippen LogP contribution in [0.25, 0.3) is 0 Å². The first kappa shape index (κ1) is 15.5. The lowest BCUT2D eigenvalue weighted by molar-refractivity contribution is 0.242. The summed E-state index contributed by atoms with van der Waals surface area (Å²) in [5, 5.41) is 3.58. The highest BCUT2D eigenvalue weighted by Crippen LogP contribution is 2.22. The second kappa shape index (κ2) is 7.75. The minimum atomic E-state index is -0.0965. The summed E-state index contributed by atoms with van der Waals surface area (Å²) in [6.07, 6.45) is 6.40. The molecule has 1 aromatic rings. The number of halogens is 1. The number of hydrogen-bond donors (Lipinski definition) is 1. The van der Waals surface area contributed by atoms with Crippen LogP contribution in [-0.2, 0) is 0 Å². The predicted molar refractivity (Wildman–Crippen MR) is 82.3 cm³/mol. The van der Waals surface area contributed by atoms with Gasteiger partial charge in [-0.1, -0.05) is 24.6 Å². The molecule has 0 saturated carbocycles. The number of nitrogens with zero attached hydrogens (tertiary/aromatic N) is 1. The van der Waals surface area contributed by atoms with E-state index < -0.39 is 0 Å². The van der Waals surface area contributed by atoms with Crippen LogP contribution in [0.5, 0.6) is 0 Å². The Balaban J connectivity index is 1.76. The summed E-state index contributed by atoms with van der Waals surface area (Å²) in [5.74, 6) is -0.0965. The van der Waals surface area contributed by atoms with Gasteiger partial charge in [-0.25, -0.2) is 4.39 Å². The number of hydrogen-bond acceptors (Lipinski definition) is 2. The molecule has 0 bridgehead atoms. The second-order valence-corrected chi connectivity index (χ2v) is 5.97. The Bertz CT molecular complexity index is 402. The quantitative estimate of drug-likeness (QED) is 0.852. The largest absolute Gasteiger partial charge is 0.314 e. The van der Waals surface area contributed by atoms with Crippen molar-refractivity contribution in [2.45, 2.75) is 51.1 Å². The fraction of sp³-hybridized carbons (Fsp3) is 0.647. The van der Waals surface area contributed by atoms with Crippen LogP contribution in [0.4, 0.5) is 4.39 Å². The molecule has 20 heavy (non-hydrogen) atoms. The van der Waals surface area contributed by atoms with Gasteiger partial charge in [0.2, 0.25) is 0 Å². The van der Waals surface area contributed by atoms with Crippen LogP contribution in [0.2, 0.25) is 0 Å². The van der Waals surface area contributed by atoms with Crippen LogP contribution < -0.4 is 5.32 Å². The van der Waals surface area contributed by atoms with Crippen LogP contribution in [0.3, 0.4) is 0 Å². The minimum Gasteiger partial charge on any atom is -0.314 e. The molecule has 1 heterocycles. The molecule has 3 heteroatoms. The van der Waals surface area contributed by atoms with E-state index in [9.17, 15) is 4.39 Å². The molecule has 2 atom stereocenters. The van der Waals surface area contributed by atoms with Crippen molar-refractivity contribution in [3.05, 3.63) is 35.6 Å². The van der Waals surface area contributed by atoms with E-state index in [0.29, 0.717) is 6.04 Å². The van der Waals surface area contributed by atoms with E-state index >= 15 is 0 Å². The maximum absolute atomic E-state index is 13.8. The molecule has 112 valence electrons. The third-order valence-electron chi connectivity index (χ3n) is 4.49. The Morgan fingerprint density at radius 1 is 1.35 bits per heavy atom. The Labute approximate surface area is 122 Å². The van der Waals surface area contributed by atoms with Gasteiger partial charge in [0.05, 0.1) is 0 Å². The SMILES string of the molecule is CC(c1ccccc1F)N(C)CCCC1CCCCN1. The van der Waals surface area contributed by atoms with Gasteiger partial charge in [0, 0.05) is 17.6 Å². The van der Waals surface area contributed by atoms with E-state index in [1.54, 1.807) is 12.1 Å². The van der Waals surface area contributed by atoms with E-state index in [4.69, 9.17) is 0 Å². The molecule has 1 fully saturated rings. The number of rotatable bonds is 6. The molecular formula is C17H27FN2. The highest BCUT2D eigenvalue weighted by Gasteiger charge is 2.16. The smallest absolute Gasteiger partial charge is 0.127 e. The van der Waals surface area contributed by atoms with Gasteiger partial charge in [0.15, 0.2) is 0 Å². The molecule has 0 radical (unpaired) electrons. The van der Waals surface area contributed by atoms with Gasteiger partial charge in [0.25, 0.3) is 0 Å². The molecule has 1 aliphatic heterocycles. The van der Waals surface area contributed by atoms with Crippen molar-refractivity contribution in [1.82, 2.24) is 10.2 Å². The van der Waals surface area contributed by atoms with Gasteiger partial charge in [-0.2, -0.15) is 0 Å². The number of piperidine rings is 1. The summed E-state index contributed by atoms with van der Waals surface area (Å²) in [5.41, 5.74) is 0.797. The summed E-state index contributed by atoms with van der Waals surface area (Å²) in [6.45, 7) is 4.27. The van der Waals surface area contributed by atoms with Crippen LogP contribution in [-0.4, -0.2) is 31.1 Å². The van der Waals surface area contributed by atoms with Crippen molar-refractivity contribution in [2.75, 3.05) is 20.1 Å². The first-order chi connectivity index (χ1) is 9.68. The van der Waals surface area contributed by atoms with Crippen molar-refractivity contribution in [3.8, 4) is 0 Å². The third kappa shape index (κ3) is 4.29. The second-order valence-electron chi connectivity index (χ2n) is 5.97. The maximum Gasteiger partial charge on any atom is 0.127 e. The molecule has 1 saturated heterocycles. The number of nitrogens with one attached hydrogen (secondary N) is 1. The first-order valence-corrected chi connectivity index (χ1v) is 7.86. The molecule has 1 N–H and O–H groups in total. The van der Waals surface area contributed by atoms with Gasteiger partial charge in [0.1, 0.15) is 5.82 Å². The third-order valence-corrected chi connectivity index (χ3v) is 4.49. The van der Waals surface area contributed by atoms with Gasteiger partial charge in [-0.15, -0.1) is 0 Å². The Kier molecular flexibility index (Phi) is 5.99. The first-order valence-electron chi connectivity index (χ1n) is 7.86. The van der Waals surface area contributed by atoms with Crippen molar-refractivity contribution in [2.24, 2.45) is 0 Å². The summed E-state index contributed by atoms with van der Waals surface area (Å²) >= 11 is 0. The van der Waals surface area contributed by atoms with Crippen molar-refractivity contribution in [1.29, 1.82) is 0 Å². The molecular weight excluding hydrogens is 251 g/mol. The van der Waals surface area contributed by atoms with Crippen molar-refractivity contribution < 1.29 is 4.39 Å². The van der Waals surface area contributed by atoms with E-state index in [-0.39, 0.29) is 11.9 Å². The van der Waals surface area contributed by atoms with Crippen LogP contribution >= 0.6 is 0 Å². The zero-order chi connectivity index (χ0) is 14.4. The maximum atomic E-state index is 13.8. The van der Waals surface area contributed by atoms with Crippen LogP contribution in [0.15, 0.2) is 24.3 Å². The van der Waals surface area contributed by atoms with E-state index in [0.717, 1.165) is 12.1 Å². The summed E-state index contributed by atoms with van der Waals surface area (Å²) in [4.78, 5) is 2.25. The lowest BCUT2D eigenvalue weighted by Crippen LogP contribution is -2.34. The fourth-order valence-corrected chi connectivity index (χ4v) is 3.00. The number of benzene rings is 1. The molecule has 0 aromatic heterocycles. The van der Waals surface area contributed by atoms with E-state index in [1.165, 1.54) is 38.6 Å². The van der Waals surface area contributed by atoms with Gasteiger partial charge >= 0.3 is 0 Å². The Hall–Kier alpha value is -0.930. The van der Waals surface area contributed by atoms with Gasteiger partial charge < -0.3 is 5.32 Å². The highest BCUT2D eigenvalue weighted by atomic mass is 19.1.